The second-order valence-electron chi connectivity index (χ2n) is 7.73. The lowest BCUT2D eigenvalue weighted by Crippen LogP contribution is -2.40. The first-order valence-electron chi connectivity index (χ1n) is 10.7. The molecule has 0 spiro atoms. The summed E-state index contributed by atoms with van der Waals surface area (Å²) in [4.78, 5) is 12.2. The first-order valence-corrected chi connectivity index (χ1v) is 13.4. The summed E-state index contributed by atoms with van der Waals surface area (Å²) >= 11 is 7.51. The van der Waals surface area contributed by atoms with Crippen LogP contribution in [-0.2, 0) is 24.3 Å². The molecule has 1 atom stereocenters. The first-order chi connectivity index (χ1) is 16.4. The maximum absolute atomic E-state index is 13.2. The molecule has 12 heteroatoms. The maximum Gasteiger partial charge on any atom is 0.319 e. The zero-order chi connectivity index (χ0) is 23.7. The fourth-order valence-electron chi connectivity index (χ4n) is 3.82. The van der Waals surface area contributed by atoms with Crippen LogP contribution in [0.5, 0.6) is 0 Å². The second kappa shape index (κ2) is 9.67. The number of aromatic nitrogens is 3. The van der Waals surface area contributed by atoms with Crippen LogP contribution >= 0.6 is 23.4 Å². The molecule has 2 fully saturated rings. The van der Waals surface area contributed by atoms with Crippen LogP contribution in [0.15, 0.2) is 58.6 Å². The number of halogens is 1. The minimum Gasteiger partial charge on any atom is -0.465 e. The lowest BCUT2D eigenvalue weighted by Gasteiger charge is -2.26. The highest BCUT2D eigenvalue weighted by atomic mass is 35.5. The van der Waals surface area contributed by atoms with Gasteiger partial charge in [-0.15, -0.1) is 10.2 Å². The van der Waals surface area contributed by atoms with E-state index in [0.29, 0.717) is 66.6 Å². The molecule has 1 unspecified atom stereocenters. The topological polar surface area (TPSA) is 104 Å². The van der Waals surface area contributed by atoms with Gasteiger partial charge in [-0.25, -0.2) is 8.42 Å². The number of esters is 1. The SMILES string of the molecule is O=C1OCCC1Sc1nnc(-c2cccc(S(=O)(=O)N3CCOCC3)c2)n1-c1cccc(Cl)c1. The van der Waals surface area contributed by atoms with E-state index in [4.69, 9.17) is 21.1 Å². The Balaban J connectivity index is 1.57. The van der Waals surface area contributed by atoms with Gasteiger partial charge >= 0.3 is 5.97 Å². The quantitative estimate of drug-likeness (QED) is 0.457. The van der Waals surface area contributed by atoms with Crippen molar-refractivity contribution < 1.29 is 22.7 Å². The number of ether oxygens (including phenoxy) is 2. The molecule has 5 rings (SSSR count). The number of nitrogens with zero attached hydrogens (tertiary/aromatic N) is 4. The number of morpholine rings is 1. The highest BCUT2D eigenvalue weighted by Crippen LogP contribution is 2.34. The van der Waals surface area contributed by atoms with Gasteiger partial charge in [0.25, 0.3) is 0 Å². The molecule has 178 valence electrons. The highest BCUT2D eigenvalue weighted by molar-refractivity contribution is 8.00. The van der Waals surface area contributed by atoms with E-state index < -0.39 is 10.0 Å². The predicted octanol–water partition coefficient (Wildman–Crippen LogP) is 3.02. The molecule has 3 heterocycles. The van der Waals surface area contributed by atoms with Gasteiger partial charge in [0.05, 0.1) is 30.4 Å². The summed E-state index contributed by atoms with van der Waals surface area (Å²) in [6, 6.07) is 13.8. The van der Waals surface area contributed by atoms with E-state index in [-0.39, 0.29) is 16.1 Å². The van der Waals surface area contributed by atoms with Crippen molar-refractivity contribution >= 4 is 39.4 Å². The molecule has 2 aromatic carbocycles. The smallest absolute Gasteiger partial charge is 0.319 e. The largest absolute Gasteiger partial charge is 0.465 e. The molecular weight excluding hydrogens is 500 g/mol. The van der Waals surface area contributed by atoms with Crippen molar-refractivity contribution in [2.24, 2.45) is 0 Å². The van der Waals surface area contributed by atoms with E-state index in [9.17, 15) is 13.2 Å². The third-order valence-corrected chi connectivity index (χ3v) is 8.85. The van der Waals surface area contributed by atoms with Crippen molar-refractivity contribution in [2.75, 3.05) is 32.9 Å². The normalized spacial score (nSPS) is 19.3. The predicted molar refractivity (Wildman–Crippen MR) is 127 cm³/mol. The van der Waals surface area contributed by atoms with E-state index in [0.717, 1.165) is 0 Å². The van der Waals surface area contributed by atoms with Gasteiger partial charge in [0.1, 0.15) is 5.25 Å². The summed E-state index contributed by atoms with van der Waals surface area (Å²) in [5, 5.41) is 9.32. The van der Waals surface area contributed by atoms with Gasteiger partial charge in [0.2, 0.25) is 10.0 Å². The van der Waals surface area contributed by atoms with E-state index in [1.165, 1.54) is 16.1 Å². The Morgan fingerprint density at radius 3 is 2.56 bits per heavy atom. The average molecular weight is 521 g/mol. The fourth-order valence-corrected chi connectivity index (χ4v) is 6.48. The van der Waals surface area contributed by atoms with Gasteiger partial charge in [0, 0.05) is 30.1 Å². The van der Waals surface area contributed by atoms with E-state index in [2.05, 4.69) is 10.2 Å². The summed E-state index contributed by atoms with van der Waals surface area (Å²) in [7, 11) is -3.69. The summed E-state index contributed by atoms with van der Waals surface area (Å²) in [6.07, 6.45) is 0.578. The van der Waals surface area contributed by atoms with Gasteiger partial charge in [-0.05, 0) is 30.3 Å². The van der Waals surface area contributed by atoms with Crippen LogP contribution in [0.4, 0.5) is 0 Å². The number of carbonyl (C=O) groups excluding carboxylic acids is 1. The van der Waals surface area contributed by atoms with Crippen LogP contribution in [0, 0.1) is 0 Å². The fraction of sp³-hybridized carbons (Fsp3) is 0.318. The maximum atomic E-state index is 13.2. The Labute approximate surface area is 206 Å². The van der Waals surface area contributed by atoms with Crippen LogP contribution in [0.1, 0.15) is 6.42 Å². The molecule has 3 aromatic rings. The van der Waals surface area contributed by atoms with Gasteiger partial charge in [-0.1, -0.05) is 41.6 Å². The Morgan fingerprint density at radius 1 is 1.03 bits per heavy atom. The minimum atomic E-state index is -3.69. The van der Waals surface area contributed by atoms with Crippen LogP contribution < -0.4 is 0 Å². The van der Waals surface area contributed by atoms with Gasteiger partial charge in [-0.2, -0.15) is 4.31 Å². The average Bonchev–Trinajstić information content (AvgIpc) is 3.46. The Morgan fingerprint density at radius 2 is 1.82 bits per heavy atom. The molecule has 34 heavy (non-hydrogen) atoms. The van der Waals surface area contributed by atoms with Crippen molar-refractivity contribution in [3.05, 3.63) is 53.6 Å². The second-order valence-corrected chi connectivity index (χ2v) is 11.3. The van der Waals surface area contributed by atoms with Gasteiger partial charge < -0.3 is 9.47 Å². The molecule has 2 aliphatic heterocycles. The molecule has 2 saturated heterocycles. The standard InChI is InChI=1S/C22H21ClN4O5S2/c23-16-4-2-5-17(14-16)27-20(24-25-22(27)33-19-7-10-32-21(19)28)15-3-1-6-18(13-15)34(29,30)26-8-11-31-12-9-26/h1-6,13-14,19H,7-12H2. The first kappa shape index (κ1) is 23.3. The van der Waals surface area contributed by atoms with Crippen molar-refractivity contribution in [3.8, 4) is 17.1 Å². The number of hydrogen-bond donors (Lipinski definition) is 0. The minimum absolute atomic E-state index is 0.168. The van der Waals surface area contributed by atoms with Crippen molar-refractivity contribution in [2.45, 2.75) is 21.7 Å². The Kier molecular flexibility index (Phi) is 6.63. The highest BCUT2D eigenvalue weighted by Gasteiger charge is 2.31. The molecule has 2 aliphatic rings. The van der Waals surface area contributed by atoms with Gasteiger partial charge in [-0.3, -0.25) is 9.36 Å². The molecule has 0 amide bonds. The van der Waals surface area contributed by atoms with Crippen LogP contribution in [0.2, 0.25) is 5.02 Å². The number of carbonyl (C=O) groups is 1. The Bertz CT molecular complexity index is 1320. The van der Waals surface area contributed by atoms with Crippen LogP contribution in [-0.4, -0.2) is 71.6 Å². The zero-order valence-corrected chi connectivity index (χ0v) is 20.4. The molecule has 0 saturated carbocycles. The summed E-state index contributed by atoms with van der Waals surface area (Å²) < 4.78 is 40.0. The molecular formula is C22H21ClN4O5S2. The summed E-state index contributed by atoms with van der Waals surface area (Å²) in [5.41, 5.74) is 1.27. The number of hydrogen-bond acceptors (Lipinski definition) is 8. The van der Waals surface area contributed by atoms with Crippen molar-refractivity contribution in [1.29, 1.82) is 0 Å². The van der Waals surface area contributed by atoms with Gasteiger partial charge in [0.15, 0.2) is 11.0 Å². The molecule has 0 aliphatic carbocycles. The van der Waals surface area contributed by atoms with E-state index in [1.54, 1.807) is 47.0 Å². The number of thioether (sulfide) groups is 1. The monoisotopic (exact) mass is 520 g/mol. The van der Waals surface area contributed by atoms with Crippen LogP contribution in [0.25, 0.3) is 17.1 Å². The zero-order valence-electron chi connectivity index (χ0n) is 18.0. The summed E-state index contributed by atoms with van der Waals surface area (Å²) in [5.74, 6) is 0.154. The molecule has 9 nitrogen and oxygen atoms in total. The van der Waals surface area contributed by atoms with E-state index in [1.807, 2.05) is 6.07 Å². The lowest BCUT2D eigenvalue weighted by atomic mass is 10.2. The summed E-state index contributed by atoms with van der Waals surface area (Å²) in [6.45, 7) is 1.72. The number of cyclic esters (lactones) is 1. The number of benzene rings is 2. The number of sulfonamides is 1. The van der Waals surface area contributed by atoms with Crippen molar-refractivity contribution in [1.82, 2.24) is 19.1 Å². The molecule has 0 radical (unpaired) electrons. The van der Waals surface area contributed by atoms with Crippen molar-refractivity contribution in [3.63, 3.8) is 0 Å². The lowest BCUT2D eigenvalue weighted by molar-refractivity contribution is -0.137. The third kappa shape index (κ3) is 4.58. The third-order valence-electron chi connectivity index (χ3n) is 5.53. The Hall–Kier alpha value is -2.44. The number of rotatable bonds is 6. The molecule has 1 aromatic heterocycles. The molecule has 0 N–H and O–H groups in total. The van der Waals surface area contributed by atoms with Crippen LogP contribution in [0.3, 0.4) is 0 Å². The van der Waals surface area contributed by atoms with E-state index >= 15 is 0 Å². The molecule has 0 bridgehead atoms.